The Kier molecular flexibility index (Phi) is 6.59. The summed E-state index contributed by atoms with van der Waals surface area (Å²) in [4.78, 5) is 13.7. The molecule has 0 atom stereocenters. The van der Waals surface area contributed by atoms with Gasteiger partial charge in [0.25, 0.3) is 0 Å². The molecule has 0 radical (unpaired) electrons. The molecule has 154 valence electrons. The number of rotatable bonds is 6. The summed E-state index contributed by atoms with van der Waals surface area (Å²) in [5.74, 6) is -2.53. The molecule has 0 aliphatic carbocycles. The van der Waals surface area contributed by atoms with E-state index in [2.05, 4.69) is 5.32 Å². The zero-order valence-electron chi connectivity index (χ0n) is 15.3. The van der Waals surface area contributed by atoms with E-state index in [0.29, 0.717) is 36.3 Å². The molecule has 1 aromatic carbocycles. The third-order valence-electron chi connectivity index (χ3n) is 4.55. The Balaban J connectivity index is 1.50. The normalized spacial score (nSPS) is 15.8. The first kappa shape index (κ1) is 21.3. The highest BCUT2D eigenvalue weighted by atomic mass is 32.2. The number of amides is 1. The number of carbonyl (C=O) groups excluding carboxylic acids is 1. The van der Waals surface area contributed by atoms with Crippen LogP contribution in [0.3, 0.4) is 0 Å². The second-order valence-electron chi connectivity index (χ2n) is 6.40. The zero-order valence-corrected chi connectivity index (χ0v) is 16.9. The molecule has 1 N–H and O–H groups in total. The molecule has 0 unspecified atom stereocenters. The van der Waals surface area contributed by atoms with Crippen LogP contribution in [0.4, 0.5) is 13.8 Å². The van der Waals surface area contributed by atoms with Crippen molar-refractivity contribution in [2.45, 2.75) is 11.3 Å². The fourth-order valence-electron chi connectivity index (χ4n) is 2.92. The fourth-order valence-corrected chi connectivity index (χ4v) is 5.11. The summed E-state index contributed by atoms with van der Waals surface area (Å²) in [6.07, 6.45) is 0.207. The van der Waals surface area contributed by atoms with Crippen LogP contribution in [0.5, 0.6) is 0 Å². The van der Waals surface area contributed by atoms with Crippen LogP contribution in [0.15, 0.2) is 34.5 Å². The number of anilines is 1. The van der Waals surface area contributed by atoms with Crippen molar-refractivity contribution in [1.82, 2.24) is 9.21 Å². The Bertz CT molecular complexity index is 1040. The van der Waals surface area contributed by atoms with Crippen LogP contribution < -0.4 is 5.32 Å². The van der Waals surface area contributed by atoms with Crippen molar-refractivity contribution in [2.24, 2.45) is 0 Å². The van der Waals surface area contributed by atoms with Crippen LogP contribution >= 0.6 is 11.3 Å². The van der Waals surface area contributed by atoms with E-state index < -0.39 is 21.7 Å². The number of hydrogen-bond donors (Lipinski definition) is 1. The summed E-state index contributed by atoms with van der Waals surface area (Å²) in [7, 11) is -3.91. The predicted octanol–water partition coefficient (Wildman–Crippen LogP) is 2.23. The van der Waals surface area contributed by atoms with Crippen LogP contribution in [0.2, 0.25) is 0 Å². The number of nitrogens with one attached hydrogen (secondary N) is 1. The van der Waals surface area contributed by atoms with Crippen molar-refractivity contribution in [2.75, 3.05) is 38.0 Å². The number of halogens is 2. The summed E-state index contributed by atoms with van der Waals surface area (Å²) < 4.78 is 52.8. The summed E-state index contributed by atoms with van der Waals surface area (Å²) in [5, 5.41) is 13.9. The van der Waals surface area contributed by atoms with Crippen LogP contribution in [0.1, 0.15) is 12.0 Å². The monoisotopic (exact) mass is 440 g/mol. The topological polar surface area (TPSA) is 93.5 Å². The van der Waals surface area contributed by atoms with Crippen molar-refractivity contribution < 1.29 is 22.0 Å². The minimum Gasteiger partial charge on any atom is -0.317 e. The van der Waals surface area contributed by atoms with E-state index in [1.807, 2.05) is 11.0 Å². The standard InChI is InChI=1S/C18H18F2N4O3S2/c19-15-2-1-14(11-16(15)20)29(26,27)24-8-6-23(7-9-24)5-3-17(25)22-18-13(12-21)4-10-28-18/h1-2,4,10-11H,3,5-9H2,(H,22,25). The highest BCUT2D eigenvalue weighted by Gasteiger charge is 2.29. The van der Waals surface area contributed by atoms with Crippen LogP contribution in [0.25, 0.3) is 0 Å². The van der Waals surface area contributed by atoms with Gasteiger partial charge in [-0.2, -0.15) is 9.57 Å². The average molecular weight is 440 g/mol. The molecule has 0 saturated carbocycles. The largest absolute Gasteiger partial charge is 0.317 e. The molecule has 2 aromatic rings. The molecule has 3 rings (SSSR count). The number of sulfonamides is 1. The van der Waals surface area contributed by atoms with Crippen LogP contribution in [0, 0.1) is 23.0 Å². The van der Waals surface area contributed by atoms with Gasteiger partial charge in [0.05, 0.1) is 10.5 Å². The molecule has 29 heavy (non-hydrogen) atoms. The van der Waals surface area contributed by atoms with E-state index in [-0.39, 0.29) is 30.3 Å². The van der Waals surface area contributed by atoms with Gasteiger partial charge in [0.2, 0.25) is 15.9 Å². The molecule has 1 saturated heterocycles. The van der Waals surface area contributed by atoms with E-state index in [1.54, 1.807) is 11.4 Å². The molecule has 0 spiro atoms. The lowest BCUT2D eigenvalue weighted by Crippen LogP contribution is -2.49. The predicted molar refractivity (Wildman–Crippen MR) is 104 cm³/mol. The third kappa shape index (κ3) is 4.97. The van der Waals surface area contributed by atoms with E-state index in [9.17, 15) is 22.0 Å². The van der Waals surface area contributed by atoms with E-state index in [1.165, 1.54) is 15.6 Å². The summed E-state index contributed by atoms with van der Waals surface area (Å²) >= 11 is 1.28. The van der Waals surface area contributed by atoms with Gasteiger partial charge in [-0.15, -0.1) is 11.3 Å². The number of carbonyl (C=O) groups is 1. The van der Waals surface area contributed by atoms with Gasteiger partial charge in [-0.1, -0.05) is 0 Å². The number of nitriles is 1. The van der Waals surface area contributed by atoms with Gasteiger partial charge >= 0.3 is 0 Å². The molecular formula is C18H18F2N4O3S2. The Morgan fingerprint density at radius 2 is 1.90 bits per heavy atom. The molecule has 7 nitrogen and oxygen atoms in total. The maximum absolute atomic E-state index is 13.4. The van der Waals surface area contributed by atoms with E-state index in [4.69, 9.17) is 5.26 Å². The second kappa shape index (κ2) is 8.96. The van der Waals surface area contributed by atoms with Gasteiger partial charge in [-0.3, -0.25) is 4.79 Å². The lowest BCUT2D eigenvalue weighted by molar-refractivity contribution is -0.116. The molecule has 1 aromatic heterocycles. The molecule has 1 aliphatic rings. The van der Waals surface area contributed by atoms with Crippen molar-refractivity contribution in [3.05, 3.63) is 46.8 Å². The minimum atomic E-state index is -3.91. The van der Waals surface area contributed by atoms with Crippen molar-refractivity contribution in [3.8, 4) is 6.07 Å². The average Bonchev–Trinajstić information content (AvgIpc) is 3.15. The Hall–Kier alpha value is -2.39. The van der Waals surface area contributed by atoms with Gasteiger partial charge in [0, 0.05) is 39.1 Å². The van der Waals surface area contributed by atoms with Crippen molar-refractivity contribution >= 4 is 32.3 Å². The second-order valence-corrected chi connectivity index (χ2v) is 9.25. The molecule has 1 fully saturated rings. The molecular weight excluding hydrogens is 422 g/mol. The van der Waals surface area contributed by atoms with Crippen LogP contribution in [-0.4, -0.2) is 56.3 Å². The van der Waals surface area contributed by atoms with Gasteiger partial charge in [0.1, 0.15) is 11.1 Å². The molecule has 11 heteroatoms. The number of nitrogens with zero attached hydrogens (tertiary/aromatic N) is 3. The summed E-state index contributed by atoms with van der Waals surface area (Å²) in [6, 6.07) is 6.16. The number of thiophene rings is 1. The first-order valence-corrected chi connectivity index (χ1v) is 11.1. The molecule has 1 amide bonds. The number of piperazine rings is 1. The molecule has 2 heterocycles. The van der Waals surface area contributed by atoms with Gasteiger partial charge in [-0.05, 0) is 29.6 Å². The SMILES string of the molecule is N#Cc1ccsc1NC(=O)CCN1CCN(S(=O)(=O)c2ccc(F)c(F)c2)CC1. The lowest BCUT2D eigenvalue weighted by Gasteiger charge is -2.33. The zero-order chi connectivity index (χ0) is 21.0. The molecule has 0 bridgehead atoms. The number of benzene rings is 1. The van der Waals surface area contributed by atoms with Gasteiger partial charge in [-0.25, -0.2) is 17.2 Å². The third-order valence-corrected chi connectivity index (χ3v) is 7.28. The van der Waals surface area contributed by atoms with Gasteiger partial charge in [0.15, 0.2) is 11.6 Å². The summed E-state index contributed by atoms with van der Waals surface area (Å²) in [5.41, 5.74) is 0.416. The van der Waals surface area contributed by atoms with Crippen LogP contribution in [-0.2, 0) is 14.8 Å². The first-order chi connectivity index (χ1) is 13.8. The van der Waals surface area contributed by atoms with E-state index >= 15 is 0 Å². The number of hydrogen-bond acceptors (Lipinski definition) is 6. The van der Waals surface area contributed by atoms with Crippen molar-refractivity contribution in [3.63, 3.8) is 0 Å². The van der Waals surface area contributed by atoms with E-state index in [0.717, 1.165) is 12.1 Å². The minimum absolute atomic E-state index is 0.187. The first-order valence-electron chi connectivity index (χ1n) is 8.76. The smallest absolute Gasteiger partial charge is 0.243 e. The van der Waals surface area contributed by atoms with Crippen molar-refractivity contribution in [1.29, 1.82) is 5.26 Å². The maximum atomic E-state index is 13.4. The Morgan fingerprint density at radius 3 is 2.55 bits per heavy atom. The highest BCUT2D eigenvalue weighted by Crippen LogP contribution is 2.22. The highest BCUT2D eigenvalue weighted by molar-refractivity contribution is 7.89. The summed E-state index contributed by atoms with van der Waals surface area (Å²) in [6.45, 7) is 1.65. The quantitative estimate of drug-likeness (QED) is 0.744. The molecule has 1 aliphatic heterocycles. The fraction of sp³-hybridized carbons (Fsp3) is 0.333. The maximum Gasteiger partial charge on any atom is 0.243 e. The Labute approximate surface area is 171 Å². The lowest BCUT2D eigenvalue weighted by atomic mass is 10.3. The van der Waals surface area contributed by atoms with Gasteiger partial charge < -0.3 is 10.2 Å². The Morgan fingerprint density at radius 1 is 1.17 bits per heavy atom.